The van der Waals surface area contributed by atoms with Crippen LogP contribution in [0.15, 0.2) is 18.2 Å². The summed E-state index contributed by atoms with van der Waals surface area (Å²) >= 11 is 5.74. The van der Waals surface area contributed by atoms with Crippen LogP contribution < -0.4 is 5.32 Å². The number of nitrogens with one attached hydrogen (secondary N) is 1. The number of carboxylic acids is 1. The first-order valence-corrected chi connectivity index (χ1v) is 6.47. The van der Waals surface area contributed by atoms with Crippen LogP contribution in [0, 0.1) is 5.82 Å². The average molecular weight is 303 g/mol. The van der Waals surface area contributed by atoms with Gasteiger partial charge in [0.2, 0.25) is 0 Å². The predicted octanol–water partition coefficient (Wildman–Crippen LogP) is 3.20. The zero-order valence-corrected chi connectivity index (χ0v) is 11.9. The lowest BCUT2D eigenvalue weighted by atomic mass is 10.2. The summed E-state index contributed by atoms with van der Waals surface area (Å²) in [5.41, 5.74) is -0.0384. The molecule has 110 valence electrons. The molecule has 1 rings (SSSR count). The molecule has 7 heteroatoms. The van der Waals surface area contributed by atoms with E-state index in [0.717, 1.165) is 6.07 Å². The molecule has 0 aliphatic carbocycles. The van der Waals surface area contributed by atoms with Crippen molar-refractivity contribution in [2.75, 3.05) is 11.9 Å². The largest absolute Gasteiger partial charge is 0.481 e. The average Bonchev–Trinajstić information content (AvgIpc) is 2.33. The molecule has 0 bridgehead atoms. The summed E-state index contributed by atoms with van der Waals surface area (Å²) in [6.07, 6.45) is -0.181. The summed E-state index contributed by atoms with van der Waals surface area (Å²) in [7, 11) is 0. The topological polar surface area (TPSA) is 69.6 Å². The number of nitrogens with zero attached hydrogens (tertiary/aromatic N) is 1. The fourth-order valence-electron chi connectivity index (χ4n) is 1.80. The van der Waals surface area contributed by atoms with Gasteiger partial charge in [0.1, 0.15) is 5.82 Å². The lowest BCUT2D eigenvalue weighted by Gasteiger charge is -2.27. The lowest BCUT2D eigenvalue weighted by molar-refractivity contribution is -0.137. The number of carbonyl (C=O) groups is 2. The van der Waals surface area contributed by atoms with Crippen molar-refractivity contribution in [2.24, 2.45) is 0 Å². The zero-order valence-electron chi connectivity index (χ0n) is 11.2. The number of halogens is 2. The predicted molar refractivity (Wildman–Crippen MR) is 74.5 cm³/mol. The summed E-state index contributed by atoms with van der Waals surface area (Å²) in [6.45, 7) is 3.64. The van der Waals surface area contributed by atoms with Crippen molar-refractivity contribution in [3.8, 4) is 0 Å². The minimum absolute atomic E-state index is 0.0384. The fourth-order valence-corrected chi connectivity index (χ4v) is 1.97. The molecule has 0 radical (unpaired) electrons. The summed E-state index contributed by atoms with van der Waals surface area (Å²) in [5, 5.41) is 11.4. The van der Waals surface area contributed by atoms with E-state index in [2.05, 4.69) is 5.32 Å². The Labute approximate surface area is 121 Å². The number of aliphatic carboxylic acids is 1. The molecule has 1 atom stereocenters. The Hall–Kier alpha value is -1.82. The van der Waals surface area contributed by atoms with E-state index in [4.69, 9.17) is 16.7 Å². The van der Waals surface area contributed by atoms with Gasteiger partial charge in [-0.15, -0.1) is 0 Å². The van der Waals surface area contributed by atoms with Crippen molar-refractivity contribution in [2.45, 2.75) is 26.3 Å². The van der Waals surface area contributed by atoms with Gasteiger partial charge in [0, 0.05) is 17.6 Å². The number of anilines is 1. The number of amides is 2. The summed E-state index contributed by atoms with van der Waals surface area (Å²) < 4.78 is 13.5. The van der Waals surface area contributed by atoms with E-state index in [1.165, 1.54) is 17.0 Å². The van der Waals surface area contributed by atoms with E-state index < -0.39 is 23.9 Å². The Morgan fingerprint density at radius 3 is 2.70 bits per heavy atom. The van der Waals surface area contributed by atoms with Crippen LogP contribution in [0.2, 0.25) is 5.02 Å². The number of urea groups is 1. The smallest absolute Gasteiger partial charge is 0.322 e. The molecule has 0 saturated carbocycles. The Balaban J connectivity index is 2.82. The minimum Gasteiger partial charge on any atom is -0.481 e. The number of benzene rings is 1. The number of hydrogen-bond donors (Lipinski definition) is 2. The van der Waals surface area contributed by atoms with Crippen LogP contribution in [0.5, 0.6) is 0 Å². The first-order chi connectivity index (χ1) is 9.35. The van der Waals surface area contributed by atoms with E-state index in [-0.39, 0.29) is 12.1 Å². The highest BCUT2D eigenvalue weighted by atomic mass is 35.5. The van der Waals surface area contributed by atoms with Gasteiger partial charge in [0.25, 0.3) is 0 Å². The van der Waals surface area contributed by atoms with Gasteiger partial charge in [-0.05, 0) is 32.0 Å². The summed E-state index contributed by atoms with van der Waals surface area (Å²) in [5.74, 6) is -1.61. The van der Waals surface area contributed by atoms with Crippen LogP contribution in [-0.4, -0.2) is 34.6 Å². The van der Waals surface area contributed by atoms with Crippen molar-refractivity contribution in [1.29, 1.82) is 0 Å². The Morgan fingerprint density at radius 1 is 1.50 bits per heavy atom. The molecule has 0 aliphatic heterocycles. The fraction of sp³-hybridized carbons (Fsp3) is 0.385. The molecular formula is C13H16ClFN2O3. The maximum atomic E-state index is 13.5. The van der Waals surface area contributed by atoms with Crippen LogP contribution in [0.4, 0.5) is 14.9 Å². The van der Waals surface area contributed by atoms with Gasteiger partial charge in [0.05, 0.1) is 12.1 Å². The van der Waals surface area contributed by atoms with Crippen LogP contribution in [0.3, 0.4) is 0 Å². The highest BCUT2D eigenvalue weighted by Crippen LogP contribution is 2.20. The van der Waals surface area contributed by atoms with Crippen LogP contribution in [-0.2, 0) is 4.79 Å². The van der Waals surface area contributed by atoms with Gasteiger partial charge >= 0.3 is 12.0 Å². The van der Waals surface area contributed by atoms with Crippen LogP contribution >= 0.6 is 11.6 Å². The van der Waals surface area contributed by atoms with Crippen molar-refractivity contribution in [1.82, 2.24) is 4.90 Å². The summed E-state index contributed by atoms with van der Waals surface area (Å²) in [4.78, 5) is 24.0. The maximum absolute atomic E-state index is 13.5. The number of carboxylic acid groups (broad SMARTS) is 1. The Kier molecular flexibility index (Phi) is 5.76. The highest BCUT2D eigenvalue weighted by molar-refractivity contribution is 6.30. The molecule has 0 heterocycles. The molecule has 1 aromatic rings. The highest BCUT2D eigenvalue weighted by Gasteiger charge is 2.21. The van der Waals surface area contributed by atoms with E-state index in [0.29, 0.717) is 11.6 Å². The molecular weight excluding hydrogens is 287 g/mol. The second-order valence-corrected chi connectivity index (χ2v) is 4.72. The zero-order chi connectivity index (χ0) is 15.3. The standard InChI is InChI=1S/C13H16ClFN2O3/c1-3-17(8(2)6-12(18)19)13(20)16-11-7-9(14)4-5-10(11)15/h4-5,7-8H,3,6H2,1-2H3,(H,16,20)(H,18,19). The van der Waals surface area contributed by atoms with Gasteiger partial charge in [0.15, 0.2) is 0 Å². The molecule has 0 aliphatic rings. The van der Waals surface area contributed by atoms with E-state index in [1.54, 1.807) is 13.8 Å². The number of rotatable bonds is 5. The van der Waals surface area contributed by atoms with Gasteiger partial charge in [-0.2, -0.15) is 0 Å². The number of hydrogen-bond acceptors (Lipinski definition) is 2. The molecule has 5 nitrogen and oxygen atoms in total. The molecule has 0 saturated heterocycles. The first-order valence-electron chi connectivity index (χ1n) is 6.09. The molecule has 2 N–H and O–H groups in total. The summed E-state index contributed by atoms with van der Waals surface area (Å²) in [6, 6.07) is 2.75. The third-order valence-electron chi connectivity index (χ3n) is 2.77. The van der Waals surface area contributed by atoms with Crippen LogP contribution in [0.25, 0.3) is 0 Å². The number of carbonyl (C=O) groups excluding carboxylic acids is 1. The molecule has 0 spiro atoms. The van der Waals surface area contributed by atoms with Gasteiger partial charge < -0.3 is 15.3 Å². The molecule has 0 fully saturated rings. The molecule has 1 unspecified atom stereocenters. The van der Waals surface area contributed by atoms with E-state index >= 15 is 0 Å². The Bertz CT molecular complexity index is 510. The van der Waals surface area contributed by atoms with Gasteiger partial charge in [-0.3, -0.25) is 4.79 Å². The third-order valence-corrected chi connectivity index (χ3v) is 3.01. The van der Waals surface area contributed by atoms with Gasteiger partial charge in [-0.25, -0.2) is 9.18 Å². The van der Waals surface area contributed by atoms with E-state index in [9.17, 15) is 14.0 Å². The SMILES string of the molecule is CCN(C(=O)Nc1cc(Cl)ccc1F)C(C)CC(=O)O. The maximum Gasteiger partial charge on any atom is 0.322 e. The van der Waals surface area contributed by atoms with Crippen molar-refractivity contribution < 1.29 is 19.1 Å². The molecule has 20 heavy (non-hydrogen) atoms. The van der Waals surface area contributed by atoms with E-state index in [1.807, 2.05) is 0 Å². The minimum atomic E-state index is -1.00. The molecule has 0 aromatic heterocycles. The third kappa shape index (κ3) is 4.38. The van der Waals surface area contributed by atoms with Crippen LogP contribution in [0.1, 0.15) is 20.3 Å². The first kappa shape index (κ1) is 16.2. The lowest BCUT2D eigenvalue weighted by Crippen LogP contribution is -2.42. The van der Waals surface area contributed by atoms with Crippen molar-refractivity contribution in [3.05, 3.63) is 29.0 Å². The van der Waals surface area contributed by atoms with Gasteiger partial charge in [-0.1, -0.05) is 11.6 Å². The Morgan fingerprint density at radius 2 is 2.15 bits per heavy atom. The second-order valence-electron chi connectivity index (χ2n) is 4.29. The normalized spacial score (nSPS) is 11.8. The van der Waals surface area contributed by atoms with Crippen molar-refractivity contribution >= 4 is 29.3 Å². The monoisotopic (exact) mass is 302 g/mol. The molecule has 1 aromatic carbocycles. The molecule has 2 amide bonds. The van der Waals surface area contributed by atoms with Crippen molar-refractivity contribution in [3.63, 3.8) is 0 Å². The second kappa shape index (κ2) is 7.09. The quantitative estimate of drug-likeness (QED) is 0.877.